The normalized spacial score (nSPS) is 11.6. The van der Waals surface area contributed by atoms with Crippen LogP contribution < -0.4 is 19.6 Å². The van der Waals surface area contributed by atoms with Crippen molar-refractivity contribution in [3.05, 3.63) is 112 Å². The van der Waals surface area contributed by atoms with E-state index in [1.165, 1.54) is 25.5 Å². The van der Waals surface area contributed by atoms with Gasteiger partial charge in [0.2, 0.25) is 0 Å². The second-order valence-electron chi connectivity index (χ2n) is 8.31. The molecule has 1 N–H and O–H groups in total. The fourth-order valence-electron chi connectivity index (χ4n) is 3.53. The number of rotatable bonds is 9. The van der Waals surface area contributed by atoms with Gasteiger partial charge in [0, 0.05) is 5.02 Å². The van der Waals surface area contributed by atoms with E-state index < -0.39 is 18.0 Å². The summed E-state index contributed by atoms with van der Waals surface area (Å²) in [5.74, 6) is -0.0338. The minimum atomic E-state index is -0.777. The number of hydrazone groups is 1. The van der Waals surface area contributed by atoms with Gasteiger partial charge < -0.3 is 14.2 Å². The highest BCUT2D eigenvalue weighted by Gasteiger charge is 2.17. The Kier molecular flexibility index (Phi) is 9.20. The highest BCUT2D eigenvalue weighted by atomic mass is 35.5. The highest BCUT2D eigenvalue weighted by Crippen LogP contribution is 2.30. The Morgan fingerprint density at radius 1 is 0.872 bits per heavy atom. The molecule has 0 spiro atoms. The molecular weight excluding hydrogens is 539 g/mol. The molecule has 0 saturated carbocycles. The number of halogens is 2. The number of ether oxygens (including phenoxy) is 3. The molecule has 0 radical (unpaired) electrons. The van der Waals surface area contributed by atoms with E-state index in [4.69, 9.17) is 37.4 Å². The number of nitrogens with one attached hydrogen (secondary N) is 1. The van der Waals surface area contributed by atoms with Crippen LogP contribution in [0.2, 0.25) is 10.0 Å². The predicted molar refractivity (Wildman–Crippen MR) is 152 cm³/mol. The van der Waals surface area contributed by atoms with E-state index in [1.807, 2.05) is 54.6 Å². The van der Waals surface area contributed by atoms with Crippen LogP contribution in [0.4, 0.5) is 0 Å². The largest absolute Gasteiger partial charge is 0.493 e. The smallest absolute Gasteiger partial charge is 0.345 e. The molecule has 1 atom stereocenters. The second-order valence-corrected chi connectivity index (χ2v) is 9.15. The number of amides is 1. The molecule has 0 bridgehead atoms. The van der Waals surface area contributed by atoms with Gasteiger partial charge in [-0.3, -0.25) is 4.79 Å². The van der Waals surface area contributed by atoms with E-state index in [2.05, 4.69) is 10.5 Å². The number of hydrogen-bond donors (Lipinski definition) is 1. The van der Waals surface area contributed by atoms with Gasteiger partial charge in [0.15, 0.2) is 17.6 Å². The summed E-state index contributed by atoms with van der Waals surface area (Å²) in [4.78, 5) is 25.0. The molecule has 198 valence electrons. The molecular formula is C30H24Cl2N2O5. The third kappa shape index (κ3) is 7.37. The van der Waals surface area contributed by atoms with Gasteiger partial charge in [0.1, 0.15) is 5.75 Å². The highest BCUT2D eigenvalue weighted by molar-refractivity contribution is 6.36. The average Bonchev–Trinajstić information content (AvgIpc) is 2.94. The molecule has 0 aliphatic rings. The Hall–Kier alpha value is -4.33. The lowest BCUT2D eigenvalue weighted by Gasteiger charge is -2.13. The molecule has 7 nitrogen and oxygen atoms in total. The molecule has 0 saturated heterocycles. The quantitative estimate of drug-likeness (QED) is 0.105. The fraction of sp³-hybridized carbons (Fsp3) is 0.100. The lowest BCUT2D eigenvalue weighted by atomic mass is 10.1. The van der Waals surface area contributed by atoms with Crippen molar-refractivity contribution >= 4 is 41.3 Å². The van der Waals surface area contributed by atoms with Crippen LogP contribution >= 0.6 is 23.2 Å². The zero-order valence-corrected chi connectivity index (χ0v) is 22.6. The van der Waals surface area contributed by atoms with Crippen LogP contribution in [0.15, 0.2) is 96.1 Å². The molecule has 0 aliphatic carbocycles. The molecule has 0 fully saturated rings. The Balaban J connectivity index is 1.33. The van der Waals surface area contributed by atoms with Crippen molar-refractivity contribution in [1.29, 1.82) is 0 Å². The van der Waals surface area contributed by atoms with Gasteiger partial charge in [0.05, 0.1) is 23.9 Å². The zero-order chi connectivity index (χ0) is 27.8. The number of nitrogens with zero attached hydrogens (tertiary/aromatic N) is 1. The first-order valence-electron chi connectivity index (χ1n) is 11.8. The van der Waals surface area contributed by atoms with Crippen LogP contribution in [0, 0.1) is 0 Å². The van der Waals surface area contributed by atoms with Gasteiger partial charge in [-0.25, -0.2) is 10.2 Å². The number of methoxy groups -OCH3 is 1. The van der Waals surface area contributed by atoms with Crippen molar-refractivity contribution in [2.75, 3.05) is 7.11 Å². The molecule has 4 aromatic carbocycles. The third-order valence-electron chi connectivity index (χ3n) is 5.57. The summed E-state index contributed by atoms with van der Waals surface area (Å²) in [6.45, 7) is 1.63. The van der Waals surface area contributed by atoms with Crippen LogP contribution in [0.5, 0.6) is 17.2 Å². The molecule has 39 heavy (non-hydrogen) atoms. The Morgan fingerprint density at radius 3 is 2.28 bits per heavy atom. The number of carbonyl (C=O) groups is 2. The minimum Gasteiger partial charge on any atom is -0.493 e. The van der Waals surface area contributed by atoms with E-state index in [0.717, 1.165) is 11.1 Å². The number of benzene rings is 4. The maximum Gasteiger partial charge on any atom is 0.345 e. The summed E-state index contributed by atoms with van der Waals surface area (Å²) in [5.41, 5.74) is 5.37. The molecule has 0 aliphatic heterocycles. The maximum absolute atomic E-state index is 12.5. The Bertz CT molecular complexity index is 1490. The number of hydrogen-bond acceptors (Lipinski definition) is 6. The van der Waals surface area contributed by atoms with Crippen LogP contribution in [0.1, 0.15) is 22.8 Å². The molecule has 0 aromatic heterocycles. The first-order valence-corrected chi connectivity index (χ1v) is 12.6. The van der Waals surface area contributed by atoms with Crippen LogP contribution in [0.3, 0.4) is 0 Å². The van der Waals surface area contributed by atoms with E-state index in [1.54, 1.807) is 31.2 Å². The molecule has 0 unspecified atom stereocenters. The molecule has 4 rings (SSSR count). The summed E-state index contributed by atoms with van der Waals surface area (Å²) < 4.78 is 16.5. The summed E-state index contributed by atoms with van der Waals surface area (Å²) in [6.07, 6.45) is 0.657. The first-order chi connectivity index (χ1) is 18.8. The van der Waals surface area contributed by atoms with E-state index in [0.29, 0.717) is 22.1 Å². The first kappa shape index (κ1) is 27.7. The third-order valence-corrected chi connectivity index (χ3v) is 6.12. The molecule has 9 heteroatoms. The van der Waals surface area contributed by atoms with Gasteiger partial charge in [0.25, 0.3) is 5.91 Å². The Morgan fingerprint density at radius 2 is 1.59 bits per heavy atom. The van der Waals surface area contributed by atoms with Gasteiger partial charge in [-0.15, -0.1) is 0 Å². The van der Waals surface area contributed by atoms with E-state index >= 15 is 0 Å². The molecule has 4 aromatic rings. The van der Waals surface area contributed by atoms with Gasteiger partial charge >= 0.3 is 5.97 Å². The van der Waals surface area contributed by atoms with Crippen molar-refractivity contribution in [3.8, 4) is 28.4 Å². The predicted octanol–water partition coefficient (Wildman–Crippen LogP) is 6.81. The standard InChI is InChI=1S/C30H24Cl2N2O5/c1-19(38-24-12-9-22(10-13-24)21-6-4-3-5-7-21)29(35)34-33-18-20-8-15-27(28(16-20)37-2)39-30(36)25-14-11-23(31)17-26(25)32/h3-19H,1-2H3,(H,34,35)/b33-18-/t19-/m1/s1. The van der Waals surface area contributed by atoms with Crippen LogP contribution in [0.25, 0.3) is 11.1 Å². The lowest BCUT2D eigenvalue weighted by molar-refractivity contribution is -0.127. The summed E-state index contributed by atoms with van der Waals surface area (Å²) in [7, 11) is 1.44. The van der Waals surface area contributed by atoms with Crippen molar-refractivity contribution < 1.29 is 23.8 Å². The minimum absolute atomic E-state index is 0.167. The molecule has 0 heterocycles. The van der Waals surface area contributed by atoms with Crippen molar-refractivity contribution in [2.45, 2.75) is 13.0 Å². The summed E-state index contributed by atoms with van der Waals surface area (Å²) >= 11 is 12.0. The van der Waals surface area contributed by atoms with E-state index in [-0.39, 0.29) is 16.3 Å². The lowest BCUT2D eigenvalue weighted by Crippen LogP contribution is -2.33. The summed E-state index contributed by atoms with van der Waals surface area (Å²) in [5, 5.41) is 4.57. The van der Waals surface area contributed by atoms with Crippen molar-refractivity contribution in [1.82, 2.24) is 5.43 Å². The monoisotopic (exact) mass is 562 g/mol. The fourth-order valence-corrected chi connectivity index (χ4v) is 4.02. The number of carbonyl (C=O) groups excluding carboxylic acids is 2. The summed E-state index contributed by atoms with van der Waals surface area (Å²) in [6, 6.07) is 26.8. The average molecular weight is 563 g/mol. The zero-order valence-electron chi connectivity index (χ0n) is 21.1. The topological polar surface area (TPSA) is 86.2 Å². The van der Waals surface area contributed by atoms with Crippen LogP contribution in [-0.4, -0.2) is 31.3 Å². The van der Waals surface area contributed by atoms with E-state index in [9.17, 15) is 9.59 Å². The second kappa shape index (κ2) is 13.0. The van der Waals surface area contributed by atoms with Gasteiger partial charge in [-0.2, -0.15) is 5.10 Å². The van der Waals surface area contributed by atoms with Crippen LogP contribution in [-0.2, 0) is 4.79 Å². The van der Waals surface area contributed by atoms with Crippen molar-refractivity contribution in [2.24, 2.45) is 5.10 Å². The van der Waals surface area contributed by atoms with Gasteiger partial charge in [-0.05, 0) is 72.1 Å². The Labute approximate surface area is 235 Å². The SMILES string of the molecule is COc1cc(/C=N\NC(=O)[C@@H](C)Oc2ccc(-c3ccccc3)cc2)ccc1OC(=O)c1ccc(Cl)cc1Cl. The molecule has 1 amide bonds. The van der Waals surface area contributed by atoms with Gasteiger partial charge in [-0.1, -0.05) is 65.7 Å². The number of esters is 1. The van der Waals surface area contributed by atoms with Crippen molar-refractivity contribution in [3.63, 3.8) is 0 Å². The maximum atomic E-state index is 12.5.